The fourth-order valence-corrected chi connectivity index (χ4v) is 3.37. The lowest BCUT2D eigenvalue weighted by Crippen LogP contribution is -2.39. The topological polar surface area (TPSA) is 66.3 Å². The summed E-state index contributed by atoms with van der Waals surface area (Å²) in [7, 11) is 0. The van der Waals surface area contributed by atoms with E-state index in [1.807, 2.05) is 29.2 Å². The predicted molar refractivity (Wildman–Crippen MR) is 92.1 cm³/mol. The highest BCUT2D eigenvalue weighted by atomic mass is 16.3. The Balaban J connectivity index is 1.83. The molecule has 126 valence electrons. The molecule has 1 aliphatic rings. The zero-order valence-electron chi connectivity index (χ0n) is 14.0. The van der Waals surface area contributed by atoms with Crippen molar-refractivity contribution in [3.05, 3.63) is 47.9 Å². The molecule has 1 fully saturated rings. The van der Waals surface area contributed by atoms with Crippen LogP contribution in [0.1, 0.15) is 31.0 Å². The van der Waals surface area contributed by atoms with Gasteiger partial charge in [0.2, 0.25) is 5.91 Å². The van der Waals surface area contributed by atoms with Crippen LogP contribution in [0.3, 0.4) is 0 Å². The highest BCUT2D eigenvalue weighted by molar-refractivity contribution is 5.73. The van der Waals surface area contributed by atoms with E-state index in [-0.39, 0.29) is 12.5 Å². The normalized spacial score (nSPS) is 17.8. The third-order valence-corrected chi connectivity index (χ3v) is 4.60. The van der Waals surface area contributed by atoms with Crippen LogP contribution in [-0.2, 0) is 17.8 Å². The number of amides is 1. The maximum Gasteiger partial charge on any atom is 0.219 e. The van der Waals surface area contributed by atoms with E-state index in [1.165, 1.54) is 0 Å². The Morgan fingerprint density at radius 3 is 2.96 bits per heavy atom. The maximum atomic E-state index is 11.6. The molecule has 24 heavy (non-hydrogen) atoms. The minimum Gasteiger partial charge on any atom is -0.392 e. The molecule has 0 bridgehead atoms. The average Bonchev–Trinajstić information content (AvgIpc) is 2.62. The summed E-state index contributed by atoms with van der Waals surface area (Å²) in [4.78, 5) is 22.6. The second-order valence-electron chi connectivity index (χ2n) is 6.39. The zero-order chi connectivity index (χ0) is 16.9. The lowest BCUT2D eigenvalue weighted by atomic mass is 9.91. The first kappa shape index (κ1) is 16.6. The number of carbonyl (C=O) groups excluding carboxylic acids is 1. The molecule has 1 aliphatic heterocycles. The van der Waals surface area contributed by atoms with Crippen molar-refractivity contribution in [1.82, 2.24) is 14.9 Å². The van der Waals surface area contributed by atoms with Crippen LogP contribution in [0.4, 0.5) is 0 Å². The van der Waals surface area contributed by atoms with Gasteiger partial charge >= 0.3 is 0 Å². The van der Waals surface area contributed by atoms with E-state index in [4.69, 9.17) is 0 Å². The van der Waals surface area contributed by atoms with Gasteiger partial charge in [0.25, 0.3) is 0 Å². The molecule has 1 amide bonds. The van der Waals surface area contributed by atoms with Gasteiger partial charge in [-0.3, -0.25) is 14.8 Å². The van der Waals surface area contributed by atoms with Gasteiger partial charge in [0.1, 0.15) is 0 Å². The second kappa shape index (κ2) is 7.53. The molecule has 1 atom stereocenters. The number of aliphatic hydroxyl groups is 1. The van der Waals surface area contributed by atoms with Crippen molar-refractivity contribution in [2.75, 3.05) is 13.1 Å². The molecule has 0 saturated carbocycles. The molecule has 1 aromatic heterocycles. The van der Waals surface area contributed by atoms with E-state index in [0.717, 1.165) is 54.9 Å². The van der Waals surface area contributed by atoms with Gasteiger partial charge < -0.3 is 10.0 Å². The summed E-state index contributed by atoms with van der Waals surface area (Å²) in [6.45, 7) is 3.30. The van der Waals surface area contributed by atoms with Crippen molar-refractivity contribution < 1.29 is 9.90 Å². The van der Waals surface area contributed by atoms with Crippen LogP contribution in [-0.4, -0.2) is 39.0 Å². The fourth-order valence-electron chi connectivity index (χ4n) is 3.37. The Kier molecular flexibility index (Phi) is 5.20. The second-order valence-corrected chi connectivity index (χ2v) is 6.39. The SMILES string of the molecule is CC(=O)N1CCC[C@@H](Cc2nccnc2-c2cccc(CO)c2)C1. The Hall–Kier alpha value is -2.27. The van der Waals surface area contributed by atoms with Gasteiger partial charge in [0, 0.05) is 38.0 Å². The molecule has 2 heterocycles. The van der Waals surface area contributed by atoms with Gasteiger partial charge in [-0.2, -0.15) is 0 Å². The number of piperidine rings is 1. The van der Waals surface area contributed by atoms with Crippen LogP contribution in [0.2, 0.25) is 0 Å². The first-order valence-corrected chi connectivity index (χ1v) is 8.43. The molecular weight excluding hydrogens is 302 g/mol. The molecular formula is C19H23N3O2. The number of hydrogen-bond donors (Lipinski definition) is 1. The minimum atomic E-state index is 0.0135. The van der Waals surface area contributed by atoms with Crippen molar-refractivity contribution in [2.24, 2.45) is 5.92 Å². The summed E-state index contributed by atoms with van der Waals surface area (Å²) >= 11 is 0. The van der Waals surface area contributed by atoms with E-state index in [0.29, 0.717) is 5.92 Å². The van der Waals surface area contributed by atoms with Crippen molar-refractivity contribution in [3.63, 3.8) is 0 Å². The van der Waals surface area contributed by atoms with E-state index >= 15 is 0 Å². The quantitative estimate of drug-likeness (QED) is 0.937. The number of aromatic nitrogens is 2. The summed E-state index contributed by atoms with van der Waals surface area (Å²) in [5, 5.41) is 9.35. The van der Waals surface area contributed by atoms with Gasteiger partial charge in [-0.1, -0.05) is 18.2 Å². The van der Waals surface area contributed by atoms with E-state index < -0.39 is 0 Å². The molecule has 2 aromatic rings. The first-order chi connectivity index (χ1) is 11.7. The van der Waals surface area contributed by atoms with Crippen LogP contribution in [0, 0.1) is 5.92 Å². The van der Waals surface area contributed by atoms with Gasteiger partial charge in [-0.15, -0.1) is 0 Å². The molecule has 1 aromatic carbocycles. The van der Waals surface area contributed by atoms with E-state index in [9.17, 15) is 9.90 Å². The highest BCUT2D eigenvalue weighted by Gasteiger charge is 2.23. The lowest BCUT2D eigenvalue weighted by Gasteiger charge is -2.32. The monoisotopic (exact) mass is 325 g/mol. The molecule has 0 radical (unpaired) electrons. The number of nitrogens with zero attached hydrogens (tertiary/aromatic N) is 3. The number of likely N-dealkylation sites (tertiary alicyclic amines) is 1. The largest absolute Gasteiger partial charge is 0.392 e. The van der Waals surface area contributed by atoms with Gasteiger partial charge in [-0.25, -0.2) is 0 Å². The van der Waals surface area contributed by atoms with Crippen LogP contribution < -0.4 is 0 Å². The Bertz CT molecular complexity index is 717. The summed E-state index contributed by atoms with van der Waals surface area (Å²) in [5.74, 6) is 0.564. The molecule has 3 rings (SSSR count). The average molecular weight is 325 g/mol. The van der Waals surface area contributed by atoms with Gasteiger partial charge in [0.15, 0.2) is 0 Å². The van der Waals surface area contributed by atoms with Crippen molar-refractivity contribution in [1.29, 1.82) is 0 Å². The lowest BCUT2D eigenvalue weighted by molar-refractivity contribution is -0.130. The number of carbonyl (C=O) groups is 1. The number of aliphatic hydroxyl groups excluding tert-OH is 1. The molecule has 1 N–H and O–H groups in total. The van der Waals surface area contributed by atoms with Gasteiger partial charge in [0.05, 0.1) is 18.0 Å². The van der Waals surface area contributed by atoms with Crippen molar-refractivity contribution in [3.8, 4) is 11.3 Å². The fraction of sp³-hybridized carbons (Fsp3) is 0.421. The maximum absolute atomic E-state index is 11.6. The smallest absolute Gasteiger partial charge is 0.219 e. The third-order valence-electron chi connectivity index (χ3n) is 4.60. The molecule has 0 aliphatic carbocycles. The van der Waals surface area contributed by atoms with Crippen LogP contribution >= 0.6 is 0 Å². The zero-order valence-corrected chi connectivity index (χ0v) is 14.0. The third kappa shape index (κ3) is 3.79. The van der Waals surface area contributed by atoms with Crippen molar-refractivity contribution in [2.45, 2.75) is 32.8 Å². The molecule has 1 saturated heterocycles. The molecule has 5 heteroatoms. The molecule has 0 unspecified atom stereocenters. The summed E-state index contributed by atoms with van der Waals surface area (Å²) in [6.07, 6.45) is 6.39. The molecule has 5 nitrogen and oxygen atoms in total. The standard InChI is InChI=1S/C19H23N3O2/c1-14(24)22-9-3-5-15(12-22)11-18-19(21-8-7-20-18)17-6-2-4-16(10-17)13-23/h2,4,6-8,10,15,23H,3,5,9,11-13H2,1H3/t15-/m0/s1. The van der Waals surface area contributed by atoms with Crippen LogP contribution in [0.5, 0.6) is 0 Å². The van der Waals surface area contributed by atoms with Crippen LogP contribution in [0.15, 0.2) is 36.7 Å². The van der Waals surface area contributed by atoms with Crippen LogP contribution in [0.25, 0.3) is 11.3 Å². The van der Waals surface area contributed by atoms with E-state index in [2.05, 4.69) is 9.97 Å². The van der Waals surface area contributed by atoms with Gasteiger partial charge in [-0.05, 0) is 36.8 Å². The number of hydrogen-bond acceptors (Lipinski definition) is 4. The summed E-state index contributed by atoms with van der Waals surface area (Å²) in [6, 6.07) is 7.77. The highest BCUT2D eigenvalue weighted by Crippen LogP contribution is 2.26. The Labute approximate surface area is 142 Å². The first-order valence-electron chi connectivity index (χ1n) is 8.43. The molecule has 0 spiro atoms. The predicted octanol–water partition coefficient (Wildman–Crippen LogP) is 2.44. The summed E-state index contributed by atoms with van der Waals surface area (Å²) < 4.78 is 0. The minimum absolute atomic E-state index is 0.0135. The Morgan fingerprint density at radius 1 is 1.33 bits per heavy atom. The Morgan fingerprint density at radius 2 is 2.17 bits per heavy atom. The number of rotatable bonds is 4. The number of benzene rings is 1. The summed E-state index contributed by atoms with van der Waals surface area (Å²) in [5.41, 5.74) is 3.67. The van der Waals surface area contributed by atoms with E-state index in [1.54, 1.807) is 19.3 Å². The van der Waals surface area contributed by atoms with Crippen molar-refractivity contribution >= 4 is 5.91 Å².